The zero-order valence-electron chi connectivity index (χ0n) is 12.7. The van der Waals surface area contributed by atoms with Gasteiger partial charge in [0.25, 0.3) is 5.91 Å². The number of hydrogen-bond acceptors (Lipinski definition) is 6. The molecule has 1 N–H and O–H groups in total. The average Bonchev–Trinajstić information content (AvgIpc) is 2.84. The number of thioether (sulfide) groups is 1. The normalized spacial score (nSPS) is 15.8. The van der Waals surface area contributed by atoms with Crippen LogP contribution in [0.15, 0.2) is 45.8 Å². The summed E-state index contributed by atoms with van der Waals surface area (Å²) >= 11 is 9.24. The standard InChI is InChI=1S/C16H8BrFN2O4S2/c17-11-4-8(5-12(14(11)21)20(23)24)6-13-15(22)19(16(25)26-13)10-3-1-2-9(18)7-10/h1-7,21H. The van der Waals surface area contributed by atoms with Crippen LogP contribution in [-0.2, 0) is 4.79 Å². The van der Waals surface area contributed by atoms with Crippen LogP contribution in [0.5, 0.6) is 5.75 Å². The van der Waals surface area contributed by atoms with Crippen molar-refractivity contribution >= 4 is 67.6 Å². The first-order valence-corrected chi connectivity index (χ1v) is 9.00. The van der Waals surface area contributed by atoms with Gasteiger partial charge in [-0.15, -0.1) is 0 Å². The number of amides is 1. The second kappa shape index (κ2) is 7.14. The predicted molar refractivity (Wildman–Crippen MR) is 105 cm³/mol. The molecule has 3 rings (SSSR count). The molecule has 1 heterocycles. The van der Waals surface area contributed by atoms with E-state index in [0.29, 0.717) is 11.3 Å². The summed E-state index contributed by atoms with van der Waals surface area (Å²) in [5.74, 6) is -1.46. The monoisotopic (exact) mass is 454 g/mol. The van der Waals surface area contributed by atoms with Crippen LogP contribution in [0.2, 0.25) is 0 Å². The van der Waals surface area contributed by atoms with Crippen LogP contribution in [0.4, 0.5) is 15.8 Å². The summed E-state index contributed by atoms with van der Waals surface area (Å²) in [6, 6.07) is 8.05. The molecule has 0 saturated carbocycles. The Morgan fingerprint density at radius 3 is 2.73 bits per heavy atom. The second-order valence-corrected chi connectivity index (χ2v) is 7.65. The van der Waals surface area contributed by atoms with Gasteiger partial charge in [0.15, 0.2) is 4.32 Å². The fourth-order valence-electron chi connectivity index (χ4n) is 2.28. The zero-order chi connectivity index (χ0) is 19.0. The minimum Gasteiger partial charge on any atom is -0.501 e. The largest absolute Gasteiger partial charge is 0.501 e. The lowest BCUT2D eigenvalue weighted by molar-refractivity contribution is -0.386. The lowest BCUT2D eigenvalue weighted by Gasteiger charge is -2.14. The fraction of sp³-hybridized carbons (Fsp3) is 0. The molecule has 0 aliphatic carbocycles. The quantitative estimate of drug-likeness (QED) is 0.315. The molecule has 10 heteroatoms. The van der Waals surface area contributed by atoms with Gasteiger partial charge in [-0.25, -0.2) is 4.39 Å². The van der Waals surface area contributed by atoms with E-state index in [2.05, 4.69) is 15.9 Å². The molecule has 132 valence electrons. The van der Waals surface area contributed by atoms with Gasteiger partial charge in [-0.05, 0) is 51.8 Å². The Kier molecular flexibility index (Phi) is 5.08. The molecule has 0 spiro atoms. The molecular formula is C16H8BrFN2O4S2. The number of phenols is 1. The number of benzene rings is 2. The second-order valence-electron chi connectivity index (χ2n) is 5.12. The molecule has 1 fully saturated rings. The number of aromatic hydroxyl groups is 1. The predicted octanol–water partition coefficient (Wildman–Crippen LogP) is 4.61. The van der Waals surface area contributed by atoms with Gasteiger partial charge in [-0.2, -0.15) is 0 Å². The highest BCUT2D eigenvalue weighted by molar-refractivity contribution is 9.10. The van der Waals surface area contributed by atoms with Crippen LogP contribution in [0.1, 0.15) is 5.56 Å². The molecule has 0 bridgehead atoms. The average molecular weight is 455 g/mol. The van der Waals surface area contributed by atoms with Crippen LogP contribution >= 0.6 is 39.9 Å². The minimum atomic E-state index is -0.727. The molecule has 1 aliphatic rings. The van der Waals surface area contributed by atoms with Crippen molar-refractivity contribution in [1.29, 1.82) is 0 Å². The molecule has 1 saturated heterocycles. The zero-order valence-corrected chi connectivity index (χ0v) is 15.9. The minimum absolute atomic E-state index is 0.124. The third-order valence-electron chi connectivity index (χ3n) is 3.42. The molecule has 2 aromatic rings. The van der Waals surface area contributed by atoms with E-state index in [0.717, 1.165) is 17.8 Å². The highest BCUT2D eigenvalue weighted by Crippen LogP contribution is 2.39. The fourth-order valence-corrected chi connectivity index (χ4v) is 4.05. The van der Waals surface area contributed by atoms with Crippen molar-refractivity contribution < 1.29 is 19.2 Å². The summed E-state index contributed by atoms with van der Waals surface area (Å²) in [7, 11) is 0. The lowest BCUT2D eigenvalue weighted by atomic mass is 10.1. The Labute approximate surface area is 164 Å². The number of halogens is 2. The summed E-state index contributed by atoms with van der Waals surface area (Å²) < 4.78 is 13.8. The third-order valence-corrected chi connectivity index (χ3v) is 5.33. The maximum Gasteiger partial charge on any atom is 0.312 e. The van der Waals surface area contributed by atoms with Crippen molar-refractivity contribution in [3.8, 4) is 5.75 Å². The van der Waals surface area contributed by atoms with E-state index in [4.69, 9.17) is 12.2 Å². The van der Waals surface area contributed by atoms with Crippen molar-refractivity contribution in [2.24, 2.45) is 0 Å². The maximum atomic E-state index is 13.4. The number of hydrogen-bond donors (Lipinski definition) is 1. The van der Waals surface area contributed by atoms with Crippen molar-refractivity contribution in [2.75, 3.05) is 4.90 Å². The van der Waals surface area contributed by atoms with E-state index < -0.39 is 28.1 Å². The highest BCUT2D eigenvalue weighted by Gasteiger charge is 2.33. The summed E-state index contributed by atoms with van der Waals surface area (Å²) in [6.07, 6.45) is 1.43. The molecule has 6 nitrogen and oxygen atoms in total. The van der Waals surface area contributed by atoms with E-state index in [9.17, 15) is 24.4 Å². The van der Waals surface area contributed by atoms with Crippen LogP contribution in [0, 0.1) is 15.9 Å². The Morgan fingerprint density at radius 1 is 1.35 bits per heavy atom. The SMILES string of the molecule is O=C1C(=Cc2cc(Br)c(O)c([N+](=O)[O-])c2)SC(=S)N1c1cccc(F)c1. The van der Waals surface area contributed by atoms with E-state index in [1.165, 1.54) is 35.2 Å². The van der Waals surface area contributed by atoms with Gasteiger partial charge in [0.2, 0.25) is 5.75 Å². The van der Waals surface area contributed by atoms with Crippen LogP contribution in [0.25, 0.3) is 6.08 Å². The van der Waals surface area contributed by atoms with Gasteiger partial charge in [0.05, 0.1) is 20.0 Å². The van der Waals surface area contributed by atoms with Crippen LogP contribution in [0.3, 0.4) is 0 Å². The third kappa shape index (κ3) is 3.48. The number of nitro benzene ring substituents is 1. The first kappa shape index (κ1) is 18.5. The van der Waals surface area contributed by atoms with Crippen molar-refractivity contribution in [2.45, 2.75) is 0 Å². The number of nitro groups is 1. The molecule has 0 unspecified atom stereocenters. The number of anilines is 1. The molecule has 2 aromatic carbocycles. The smallest absolute Gasteiger partial charge is 0.312 e. The number of phenolic OH excluding ortho intramolecular Hbond substituents is 1. The van der Waals surface area contributed by atoms with Gasteiger partial charge < -0.3 is 5.11 Å². The van der Waals surface area contributed by atoms with Gasteiger partial charge in [0.1, 0.15) is 5.82 Å². The summed E-state index contributed by atoms with van der Waals surface area (Å²) in [5.41, 5.74) is 0.140. The Morgan fingerprint density at radius 2 is 2.08 bits per heavy atom. The molecule has 1 aliphatic heterocycles. The Bertz CT molecular complexity index is 996. The lowest BCUT2D eigenvalue weighted by Crippen LogP contribution is -2.27. The van der Waals surface area contributed by atoms with Gasteiger partial charge >= 0.3 is 5.69 Å². The van der Waals surface area contributed by atoms with E-state index in [-0.39, 0.29) is 13.7 Å². The topological polar surface area (TPSA) is 83.7 Å². The molecule has 0 radical (unpaired) electrons. The summed E-state index contributed by atoms with van der Waals surface area (Å²) in [4.78, 5) is 24.3. The number of carbonyl (C=O) groups is 1. The number of carbonyl (C=O) groups excluding carboxylic acids is 1. The maximum absolute atomic E-state index is 13.4. The molecule has 26 heavy (non-hydrogen) atoms. The number of rotatable bonds is 3. The molecule has 0 atom stereocenters. The Balaban J connectivity index is 2.00. The molecule has 1 amide bonds. The first-order chi connectivity index (χ1) is 12.3. The van der Waals surface area contributed by atoms with Crippen molar-refractivity contribution in [3.63, 3.8) is 0 Å². The van der Waals surface area contributed by atoms with Crippen molar-refractivity contribution in [1.82, 2.24) is 0 Å². The van der Waals surface area contributed by atoms with Crippen LogP contribution in [-0.4, -0.2) is 20.3 Å². The summed E-state index contributed by atoms with van der Waals surface area (Å²) in [5, 5.41) is 20.7. The van der Waals surface area contributed by atoms with Gasteiger partial charge in [0, 0.05) is 6.07 Å². The Hall–Kier alpha value is -2.30. The van der Waals surface area contributed by atoms with E-state index in [1.807, 2.05) is 0 Å². The number of nitrogens with zero attached hydrogens (tertiary/aromatic N) is 2. The van der Waals surface area contributed by atoms with Crippen LogP contribution < -0.4 is 4.90 Å². The van der Waals surface area contributed by atoms with Gasteiger partial charge in [-0.1, -0.05) is 30.0 Å². The summed E-state index contributed by atoms with van der Waals surface area (Å²) in [6.45, 7) is 0. The molecule has 0 aromatic heterocycles. The number of thiocarbonyl (C=S) groups is 1. The highest BCUT2D eigenvalue weighted by atomic mass is 79.9. The van der Waals surface area contributed by atoms with E-state index in [1.54, 1.807) is 6.07 Å². The first-order valence-electron chi connectivity index (χ1n) is 6.98. The van der Waals surface area contributed by atoms with Gasteiger partial charge in [-0.3, -0.25) is 19.8 Å². The van der Waals surface area contributed by atoms with E-state index >= 15 is 0 Å². The molecular weight excluding hydrogens is 447 g/mol. The van der Waals surface area contributed by atoms with Crippen molar-refractivity contribution in [3.05, 3.63) is 67.3 Å².